The van der Waals surface area contributed by atoms with Crippen molar-refractivity contribution >= 4 is 12.4 Å². The van der Waals surface area contributed by atoms with Crippen molar-refractivity contribution in [3.8, 4) is 0 Å². The molecule has 0 radical (unpaired) electrons. The highest BCUT2D eigenvalue weighted by Crippen LogP contribution is 2.10. The zero-order valence-corrected chi connectivity index (χ0v) is 12.8. The summed E-state index contributed by atoms with van der Waals surface area (Å²) in [5.41, 5.74) is 0. The van der Waals surface area contributed by atoms with Gasteiger partial charge in [0.1, 0.15) is 0 Å². The van der Waals surface area contributed by atoms with Gasteiger partial charge in [0.2, 0.25) is 0 Å². The van der Waals surface area contributed by atoms with Crippen LogP contribution in [0, 0.1) is 0 Å². The molecule has 0 aromatic rings. The van der Waals surface area contributed by atoms with Crippen LogP contribution in [0.4, 0.5) is 0 Å². The molecule has 1 atom stereocenters. The summed E-state index contributed by atoms with van der Waals surface area (Å²) in [5, 5.41) is 9.65. The predicted molar refractivity (Wildman–Crippen MR) is 79.0 cm³/mol. The van der Waals surface area contributed by atoms with E-state index in [9.17, 15) is 5.11 Å². The van der Waals surface area contributed by atoms with Crippen LogP contribution >= 0.6 is 12.4 Å². The molecule has 0 heterocycles. The van der Waals surface area contributed by atoms with Crippen molar-refractivity contribution in [2.24, 2.45) is 0 Å². The number of aliphatic hydroxyl groups excluding tert-OH is 1. The Morgan fingerprint density at radius 2 is 1.35 bits per heavy atom. The lowest BCUT2D eigenvalue weighted by Crippen LogP contribution is -2.25. The van der Waals surface area contributed by atoms with Gasteiger partial charge in [-0.15, -0.1) is 12.4 Å². The second-order valence-electron chi connectivity index (χ2n) is 5.18. The Hall–Kier alpha value is 0.210. The summed E-state index contributed by atoms with van der Waals surface area (Å²) in [6.07, 6.45) is 11.6. The Kier molecular flexibility index (Phi) is 16.4. The molecule has 0 amide bonds. The number of hydrogen-bond donors (Lipinski definition) is 1. The third kappa shape index (κ3) is 16.2. The summed E-state index contributed by atoms with van der Waals surface area (Å²) < 4.78 is 0. The molecule has 1 unspecified atom stereocenters. The van der Waals surface area contributed by atoms with Crippen molar-refractivity contribution < 1.29 is 5.11 Å². The summed E-state index contributed by atoms with van der Waals surface area (Å²) in [5.74, 6) is 0. The molecule has 0 aliphatic rings. The van der Waals surface area contributed by atoms with Gasteiger partial charge in [0.25, 0.3) is 0 Å². The van der Waals surface area contributed by atoms with Gasteiger partial charge >= 0.3 is 0 Å². The van der Waals surface area contributed by atoms with Gasteiger partial charge in [0.05, 0.1) is 6.10 Å². The van der Waals surface area contributed by atoms with E-state index in [1.54, 1.807) is 0 Å². The molecule has 0 aromatic carbocycles. The lowest BCUT2D eigenvalue weighted by molar-refractivity contribution is 0.125. The smallest absolute Gasteiger partial charge is 0.0666 e. The average Bonchev–Trinajstić information content (AvgIpc) is 2.21. The van der Waals surface area contributed by atoms with E-state index in [4.69, 9.17) is 0 Å². The molecule has 0 spiro atoms. The van der Waals surface area contributed by atoms with E-state index in [1.807, 2.05) is 14.1 Å². The molecule has 0 aliphatic heterocycles. The SMILES string of the molecule is CCCCCCCCCCC(O)CN(C)C.Cl. The maximum atomic E-state index is 9.65. The van der Waals surface area contributed by atoms with E-state index < -0.39 is 0 Å². The number of nitrogens with zero attached hydrogens (tertiary/aromatic N) is 1. The van der Waals surface area contributed by atoms with E-state index in [0.717, 1.165) is 13.0 Å². The Labute approximate surface area is 114 Å². The number of unbranched alkanes of at least 4 members (excludes halogenated alkanes) is 7. The maximum absolute atomic E-state index is 9.65. The molecular formula is C14H32ClNO. The van der Waals surface area contributed by atoms with E-state index in [1.165, 1.54) is 51.4 Å². The Morgan fingerprint density at radius 3 is 1.82 bits per heavy atom. The monoisotopic (exact) mass is 265 g/mol. The molecule has 0 rings (SSSR count). The largest absolute Gasteiger partial charge is 0.392 e. The van der Waals surface area contributed by atoms with Crippen LogP contribution < -0.4 is 0 Å². The van der Waals surface area contributed by atoms with Crippen molar-refractivity contribution in [3.05, 3.63) is 0 Å². The Bertz CT molecular complexity index is 142. The summed E-state index contributed by atoms with van der Waals surface area (Å²) in [4.78, 5) is 2.05. The quantitative estimate of drug-likeness (QED) is 0.574. The van der Waals surface area contributed by atoms with Crippen molar-refractivity contribution in [1.82, 2.24) is 4.90 Å². The van der Waals surface area contributed by atoms with E-state index >= 15 is 0 Å². The van der Waals surface area contributed by atoms with Gasteiger partial charge in [-0.2, -0.15) is 0 Å². The average molecular weight is 266 g/mol. The number of rotatable bonds is 11. The second kappa shape index (κ2) is 14.3. The van der Waals surface area contributed by atoms with Crippen LogP contribution in [-0.4, -0.2) is 36.8 Å². The van der Waals surface area contributed by atoms with Crippen LogP contribution in [0.25, 0.3) is 0 Å². The number of likely N-dealkylation sites (N-methyl/N-ethyl adjacent to an activating group) is 1. The first-order valence-corrected chi connectivity index (χ1v) is 6.99. The topological polar surface area (TPSA) is 23.5 Å². The van der Waals surface area contributed by atoms with Crippen molar-refractivity contribution in [2.75, 3.05) is 20.6 Å². The van der Waals surface area contributed by atoms with Gasteiger partial charge in [0.15, 0.2) is 0 Å². The summed E-state index contributed by atoms with van der Waals surface area (Å²) in [7, 11) is 4.02. The van der Waals surface area contributed by atoms with Gasteiger partial charge in [-0.3, -0.25) is 0 Å². The molecule has 1 N–H and O–H groups in total. The molecule has 2 nitrogen and oxygen atoms in total. The minimum Gasteiger partial charge on any atom is -0.392 e. The number of aliphatic hydroxyl groups is 1. The van der Waals surface area contributed by atoms with Crippen LogP contribution in [0.15, 0.2) is 0 Å². The summed E-state index contributed by atoms with van der Waals surface area (Å²) >= 11 is 0. The molecule has 0 fully saturated rings. The van der Waals surface area contributed by atoms with Crippen LogP contribution in [0.2, 0.25) is 0 Å². The van der Waals surface area contributed by atoms with Crippen molar-refractivity contribution in [1.29, 1.82) is 0 Å². The van der Waals surface area contributed by atoms with Crippen molar-refractivity contribution in [2.45, 2.75) is 70.8 Å². The lowest BCUT2D eigenvalue weighted by Gasteiger charge is -2.15. The van der Waals surface area contributed by atoms with Crippen LogP contribution in [-0.2, 0) is 0 Å². The fourth-order valence-electron chi connectivity index (χ4n) is 2.03. The maximum Gasteiger partial charge on any atom is 0.0666 e. The van der Waals surface area contributed by atoms with Crippen LogP contribution in [0.1, 0.15) is 64.7 Å². The first-order valence-electron chi connectivity index (χ1n) is 6.99. The molecule has 0 aromatic heterocycles. The third-order valence-corrected chi connectivity index (χ3v) is 2.97. The number of halogens is 1. The van der Waals surface area contributed by atoms with E-state index in [0.29, 0.717) is 0 Å². The molecule has 0 aliphatic carbocycles. The molecule has 0 saturated carbocycles. The minimum atomic E-state index is -0.130. The summed E-state index contributed by atoms with van der Waals surface area (Å²) in [6.45, 7) is 3.06. The molecule has 3 heteroatoms. The van der Waals surface area contributed by atoms with Crippen molar-refractivity contribution in [3.63, 3.8) is 0 Å². The van der Waals surface area contributed by atoms with Crippen LogP contribution in [0.5, 0.6) is 0 Å². The highest BCUT2D eigenvalue weighted by Gasteiger charge is 2.04. The first-order chi connectivity index (χ1) is 7.66. The number of hydrogen-bond acceptors (Lipinski definition) is 2. The molecular weight excluding hydrogens is 234 g/mol. The fourth-order valence-corrected chi connectivity index (χ4v) is 2.03. The molecule has 17 heavy (non-hydrogen) atoms. The molecule has 0 saturated heterocycles. The zero-order chi connectivity index (χ0) is 12.2. The zero-order valence-electron chi connectivity index (χ0n) is 12.0. The van der Waals surface area contributed by atoms with Gasteiger partial charge < -0.3 is 10.0 Å². The Morgan fingerprint density at radius 1 is 0.882 bits per heavy atom. The minimum absolute atomic E-state index is 0. The normalized spacial score (nSPS) is 12.5. The third-order valence-electron chi connectivity index (χ3n) is 2.97. The van der Waals surface area contributed by atoms with Crippen LogP contribution in [0.3, 0.4) is 0 Å². The summed E-state index contributed by atoms with van der Waals surface area (Å²) in [6, 6.07) is 0. The highest BCUT2D eigenvalue weighted by atomic mass is 35.5. The van der Waals surface area contributed by atoms with Gasteiger partial charge in [-0.1, -0.05) is 58.3 Å². The van der Waals surface area contributed by atoms with Gasteiger partial charge in [-0.25, -0.2) is 0 Å². The first kappa shape index (κ1) is 19.5. The standard InChI is InChI=1S/C14H31NO.ClH/c1-4-5-6-7-8-9-10-11-12-14(16)13-15(2)3;/h14,16H,4-13H2,1-3H3;1H. The van der Waals surface area contributed by atoms with E-state index in [-0.39, 0.29) is 18.5 Å². The van der Waals surface area contributed by atoms with Gasteiger partial charge in [0, 0.05) is 6.54 Å². The fraction of sp³-hybridized carbons (Fsp3) is 1.00. The van der Waals surface area contributed by atoms with E-state index in [2.05, 4.69) is 11.8 Å². The molecule has 0 bridgehead atoms. The Balaban J connectivity index is 0. The lowest BCUT2D eigenvalue weighted by atomic mass is 10.1. The van der Waals surface area contributed by atoms with Gasteiger partial charge in [-0.05, 0) is 20.5 Å². The predicted octanol–water partition coefficient (Wildman–Crippen LogP) is 3.86. The second-order valence-corrected chi connectivity index (χ2v) is 5.18. The molecule has 106 valence electrons. The highest BCUT2D eigenvalue weighted by molar-refractivity contribution is 5.85.